The third kappa shape index (κ3) is 8.65. The van der Waals surface area contributed by atoms with E-state index in [1.54, 1.807) is 0 Å². The second-order valence-corrected chi connectivity index (χ2v) is 7.40. The summed E-state index contributed by atoms with van der Waals surface area (Å²) in [6.45, 7) is 11.3. The van der Waals surface area contributed by atoms with Crippen molar-refractivity contribution in [2.45, 2.75) is 79.1 Å². The molecular weight excluding hydrogens is 208 g/mol. The monoisotopic (exact) mass is 240 g/mol. The summed E-state index contributed by atoms with van der Waals surface area (Å²) in [5.41, 5.74) is 1.21. The van der Waals surface area contributed by atoms with Crippen LogP contribution in [0.1, 0.15) is 79.1 Å². The van der Waals surface area contributed by atoms with Crippen LogP contribution in [0.3, 0.4) is 0 Å². The minimum atomic E-state index is 0.486. The van der Waals surface area contributed by atoms with Gasteiger partial charge in [0.2, 0.25) is 0 Å². The largest absolute Gasteiger partial charge is 0.381 e. The minimum Gasteiger partial charge on any atom is -0.381 e. The zero-order chi connectivity index (χ0) is 12.8. The van der Waals surface area contributed by atoms with Gasteiger partial charge in [0.25, 0.3) is 0 Å². The van der Waals surface area contributed by atoms with Gasteiger partial charge in [0, 0.05) is 13.2 Å². The van der Waals surface area contributed by atoms with Crippen molar-refractivity contribution in [3.05, 3.63) is 0 Å². The van der Waals surface area contributed by atoms with E-state index in [0.717, 1.165) is 18.6 Å². The smallest absolute Gasteiger partial charge is 0.0466 e. The van der Waals surface area contributed by atoms with Gasteiger partial charge >= 0.3 is 0 Å². The molecule has 1 rings (SSSR count). The molecule has 0 radical (unpaired) electrons. The number of unbranched alkanes of at least 4 members (excludes halogenated alkanes) is 2. The number of ether oxygens (including phenoxy) is 1. The van der Waals surface area contributed by atoms with Gasteiger partial charge in [-0.3, -0.25) is 0 Å². The zero-order valence-corrected chi connectivity index (χ0v) is 12.5. The fourth-order valence-corrected chi connectivity index (χ4v) is 2.18. The number of hydrogen-bond donors (Lipinski definition) is 0. The summed E-state index contributed by atoms with van der Waals surface area (Å²) in [5, 5.41) is 0. The number of rotatable bonds is 9. The van der Waals surface area contributed by atoms with E-state index in [9.17, 15) is 0 Å². The highest BCUT2D eigenvalue weighted by Crippen LogP contribution is 2.49. The quantitative estimate of drug-likeness (QED) is 0.504. The van der Waals surface area contributed by atoms with Gasteiger partial charge in [-0.25, -0.2) is 0 Å². The Bertz CT molecular complexity index is 187. The average molecular weight is 240 g/mol. The Kier molecular flexibility index (Phi) is 5.99. The van der Waals surface area contributed by atoms with Crippen LogP contribution < -0.4 is 0 Å². The van der Waals surface area contributed by atoms with Gasteiger partial charge in [0.05, 0.1) is 0 Å². The first-order chi connectivity index (χ1) is 7.91. The van der Waals surface area contributed by atoms with E-state index in [4.69, 9.17) is 4.74 Å². The topological polar surface area (TPSA) is 9.23 Å². The maximum absolute atomic E-state index is 5.68. The van der Waals surface area contributed by atoms with E-state index < -0.39 is 0 Å². The van der Waals surface area contributed by atoms with Crippen molar-refractivity contribution >= 4 is 0 Å². The molecule has 0 aromatic carbocycles. The molecule has 0 atom stereocenters. The van der Waals surface area contributed by atoms with Crippen molar-refractivity contribution in [1.82, 2.24) is 0 Å². The maximum atomic E-state index is 5.68. The summed E-state index contributed by atoms with van der Waals surface area (Å²) in [6.07, 6.45) is 10.8. The summed E-state index contributed by atoms with van der Waals surface area (Å²) in [5.74, 6) is 0. The molecule has 1 aliphatic rings. The zero-order valence-electron chi connectivity index (χ0n) is 12.5. The lowest BCUT2D eigenvalue weighted by Gasteiger charge is -2.17. The van der Waals surface area contributed by atoms with Crippen molar-refractivity contribution in [3.8, 4) is 0 Å². The Balaban J connectivity index is 1.75. The lowest BCUT2D eigenvalue weighted by molar-refractivity contribution is 0.122. The van der Waals surface area contributed by atoms with Gasteiger partial charge in [0.15, 0.2) is 0 Å². The maximum Gasteiger partial charge on any atom is 0.0466 e. The van der Waals surface area contributed by atoms with E-state index in [2.05, 4.69) is 27.7 Å². The molecule has 0 N–H and O–H groups in total. The average Bonchev–Trinajstić information content (AvgIpc) is 2.93. The molecule has 0 saturated heterocycles. The molecule has 1 fully saturated rings. The number of hydrogen-bond acceptors (Lipinski definition) is 1. The van der Waals surface area contributed by atoms with E-state index in [1.165, 1.54) is 51.4 Å². The SMILES string of the molecule is CC(C)(C)CCCCOCCCCC1(C)CC1. The molecule has 17 heavy (non-hydrogen) atoms. The summed E-state index contributed by atoms with van der Waals surface area (Å²) in [6, 6.07) is 0. The highest BCUT2D eigenvalue weighted by molar-refractivity contribution is 4.87. The summed E-state index contributed by atoms with van der Waals surface area (Å²) in [4.78, 5) is 0. The molecule has 1 aliphatic carbocycles. The molecule has 0 heterocycles. The molecule has 102 valence electrons. The third-order valence-electron chi connectivity index (χ3n) is 3.89. The van der Waals surface area contributed by atoms with Crippen molar-refractivity contribution in [3.63, 3.8) is 0 Å². The predicted octanol–water partition coefficient (Wildman–Crippen LogP) is 5.19. The molecule has 0 aliphatic heterocycles. The van der Waals surface area contributed by atoms with Crippen LogP contribution in [0.15, 0.2) is 0 Å². The molecular formula is C16H32O. The van der Waals surface area contributed by atoms with Crippen LogP contribution in [-0.4, -0.2) is 13.2 Å². The Morgan fingerprint density at radius 1 is 0.941 bits per heavy atom. The Morgan fingerprint density at radius 3 is 2.06 bits per heavy atom. The van der Waals surface area contributed by atoms with Gasteiger partial charge in [-0.1, -0.05) is 40.5 Å². The van der Waals surface area contributed by atoms with Crippen LogP contribution in [0.25, 0.3) is 0 Å². The predicted molar refractivity (Wildman–Crippen MR) is 75.3 cm³/mol. The molecule has 0 bridgehead atoms. The fourth-order valence-electron chi connectivity index (χ4n) is 2.18. The van der Waals surface area contributed by atoms with E-state index in [1.807, 2.05) is 0 Å². The molecule has 1 heteroatoms. The Morgan fingerprint density at radius 2 is 1.53 bits per heavy atom. The van der Waals surface area contributed by atoms with Crippen molar-refractivity contribution in [2.24, 2.45) is 10.8 Å². The molecule has 0 amide bonds. The van der Waals surface area contributed by atoms with E-state index >= 15 is 0 Å². The van der Waals surface area contributed by atoms with Crippen LogP contribution in [-0.2, 0) is 4.74 Å². The van der Waals surface area contributed by atoms with Crippen molar-refractivity contribution in [2.75, 3.05) is 13.2 Å². The first-order valence-electron chi connectivity index (χ1n) is 7.49. The highest BCUT2D eigenvalue weighted by atomic mass is 16.5. The summed E-state index contributed by atoms with van der Waals surface area (Å²) < 4.78 is 5.68. The summed E-state index contributed by atoms with van der Waals surface area (Å²) in [7, 11) is 0. The summed E-state index contributed by atoms with van der Waals surface area (Å²) >= 11 is 0. The van der Waals surface area contributed by atoms with Crippen LogP contribution in [0.4, 0.5) is 0 Å². The van der Waals surface area contributed by atoms with Crippen LogP contribution in [0.5, 0.6) is 0 Å². The van der Waals surface area contributed by atoms with Gasteiger partial charge in [0.1, 0.15) is 0 Å². The van der Waals surface area contributed by atoms with E-state index in [-0.39, 0.29) is 0 Å². The van der Waals surface area contributed by atoms with Crippen LogP contribution >= 0.6 is 0 Å². The first kappa shape index (κ1) is 15.0. The molecule has 0 spiro atoms. The lowest BCUT2D eigenvalue weighted by atomic mass is 9.90. The van der Waals surface area contributed by atoms with Crippen molar-refractivity contribution < 1.29 is 4.74 Å². The van der Waals surface area contributed by atoms with Gasteiger partial charge in [-0.15, -0.1) is 0 Å². The second kappa shape index (κ2) is 6.78. The Hall–Kier alpha value is -0.0400. The third-order valence-corrected chi connectivity index (χ3v) is 3.89. The van der Waals surface area contributed by atoms with Gasteiger partial charge in [-0.2, -0.15) is 0 Å². The molecule has 0 aromatic rings. The van der Waals surface area contributed by atoms with Crippen LogP contribution in [0, 0.1) is 10.8 Å². The molecule has 1 saturated carbocycles. The standard InChI is InChI=1S/C16H32O/c1-15(2,3)9-5-7-13-17-14-8-6-10-16(4)11-12-16/h5-14H2,1-4H3. The molecule has 1 nitrogen and oxygen atoms in total. The highest BCUT2D eigenvalue weighted by Gasteiger charge is 2.35. The Labute approximate surface area is 108 Å². The minimum absolute atomic E-state index is 0.486. The van der Waals surface area contributed by atoms with Gasteiger partial charge in [-0.05, 0) is 49.4 Å². The molecule has 0 unspecified atom stereocenters. The fraction of sp³-hybridized carbons (Fsp3) is 1.00. The normalized spacial score (nSPS) is 18.4. The first-order valence-corrected chi connectivity index (χ1v) is 7.49. The lowest BCUT2D eigenvalue weighted by Crippen LogP contribution is -2.05. The van der Waals surface area contributed by atoms with E-state index in [0.29, 0.717) is 5.41 Å². The van der Waals surface area contributed by atoms with Gasteiger partial charge < -0.3 is 4.74 Å². The molecule has 0 aromatic heterocycles. The van der Waals surface area contributed by atoms with Crippen LogP contribution in [0.2, 0.25) is 0 Å². The second-order valence-electron chi connectivity index (χ2n) is 7.40. The van der Waals surface area contributed by atoms with Crippen molar-refractivity contribution in [1.29, 1.82) is 0 Å².